The first-order chi connectivity index (χ1) is 8.93. The molecule has 1 rings (SSSR count). The van der Waals surface area contributed by atoms with Crippen molar-refractivity contribution in [3.63, 3.8) is 0 Å². The molecule has 0 saturated carbocycles. The van der Waals surface area contributed by atoms with Gasteiger partial charge in [-0.1, -0.05) is 42.3 Å². The number of halogens is 1. The summed E-state index contributed by atoms with van der Waals surface area (Å²) in [5.41, 5.74) is 1.39. The van der Waals surface area contributed by atoms with Crippen LogP contribution in [0.2, 0.25) is 0 Å². The summed E-state index contributed by atoms with van der Waals surface area (Å²) in [6.07, 6.45) is 2.35. The van der Waals surface area contributed by atoms with E-state index in [1.54, 1.807) is 12.1 Å². The summed E-state index contributed by atoms with van der Waals surface area (Å²) in [5, 5.41) is 12.4. The molecule has 0 amide bonds. The molecule has 4 heteroatoms. The molecule has 19 heavy (non-hydrogen) atoms. The molecule has 0 aliphatic carbocycles. The van der Waals surface area contributed by atoms with Crippen LogP contribution in [0.3, 0.4) is 0 Å². The molecule has 0 aromatic heterocycles. The topological polar surface area (TPSA) is 49.3 Å². The Hall–Kier alpha value is -0.870. The maximum Gasteiger partial charge on any atom is 0.335 e. The Morgan fingerprint density at radius 2 is 2.11 bits per heavy atom. The van der Waals surface area contributed by atoms with Gasteiger partial charge < -0.3 is 10.4 Å². The van der Waals surface area contributed by atoms with Gasteiger partial charge in [0, 0.05) is 17.1 Å². The first kappa shape index (κ1) is 16.2. The summed E-state index contributed by atoms with van der Waals surface area (Å²) < 4.78 is 0.843. The van der Waals surface area contributed by atoms with E-state index in [4.69, 9.17) is 5.11 Å². The van der Waals surface area contributed by atoms with Crippen LogP contribution in [0.15, 0.2) is 22.7 Å². The van der Waals surface area contributed by atoms with Gasteiger partial charge in [-0.3, -0.25) is 0 Å². The molecule has 0 aliphatic rings. The molecule has 0 heterocycles. The predicted molar refractivity (Wildman–Crippen MR) is 81.5 cm³/mol. The molecule has 1 aromatic carbocycles. The highest BCUT2D eigenvalue weighted by Gasteiger charge is 2.09. The number of hydrogen-bond acceptors (Lipinski definition) is 2. The van der Waals surface area contributed by atoms with Gasteiger partial charge in [-0.2, -0.15) is 0 Å². The van der Waals surface area contributed by atoms with E-state index in [2.05, 4.69) is 42.0 Å². The van der Waals surface area contributed by atoms with E-state index >= 15 is 0 Å². The molecule has 3 nitrogen and oxygen atoms in total. The van der Waals surface area contributed by atoms with Crippen molar-refractivity contribution in [2.45, 2.75) is 46.2 Å². The van der Waals surface area contributed by atoms with Crippen molar-refractivity contribution in [3.8, 4) is 0 Å². The zero-order chi connectivity index (χ0) is 14.4. The normalized spacial score (nSPS) is 14.1. The van der Waals surface area contributed by atoms with Gasteiger partial charge >= 0.3 is 5.97 Å². The zero-order valence-corrected chi connectivity index (χ0v) is 13.3. The van der Waals surface area contributed by atoms with Crippen molar-refractivity contribution >= 4 is 21.9 Å². The van der Waals surface area contributed by atoms with E-state index in [9.17, 15) is 4.79 Å². The summed E-state index contributed by atoms with van der Waals surface area (Å²) in [6, 6.07) is 5.61. The van der Waals surface area contributed by atoms with Crippen LogP contribution in [0, 0.1) is 5.92 Å². The summed E-state index contributed by atoms with van der Waals surface area (Å²) in [7, 11) is 0. The number of rotatable bonds is 7. The monoisotopic (exact) mass is 327 g/mol. The van der Waals surface area contributed by atoms with Gasteiger partial charge in [0.05, 0.1) is 5.56 Å². The number of carboxylic acids is 1. The number of aromatic carboxylic acids is 1. The van der Waals surface area contributed by atoms with Crippen molar-refractivity contribution < 1.29 is 9.90 Å². The lowest BCUT2D eigenvalue weighted by Crippen LogP contribution is -2.27. The van der Waals surface area contributed by atoms with E-state index in [0.717, 1.165) is 28.9 Å². The summed E-state index contributed by atoms with van der Waals surface area (Å²) in [5.74, 6) is -0.175. The van der Waals surface area contributed by atoms with E-state index in [1.165, 1.54) is 6.42 Å². The minimum absolute atomic E-state index is 0.309. The van der Waals surface area contributed by atoms with E-state index in [0.29, 0.717) is 11.6 Å². The standard InChI is InChI=1S/C15H22BrNO2/c1-4-10(2)7-11(3)17-9-13-6-5-12(15(18)19)8-14(13)16/h5-6,8,10-11,17H,4,7,9H2,1-3H3,(H,18,19). The molecule has 2 atom stereocenters. The number of benzene rings is 1. The maximum atomic E-state index is 10.8. The van der Waals surface area contributed by atoms with Crippen molar-refractivity contribution in [2.75, 3.05) is 0 Å². The van der Waals surface area contributed by atoms with E-state index in [-0.39, 0.29) is 0 Å². The lowest BCUT2D eigenvalue weighted by Gasteiger charge is -2.18. The molecule has 0 fully saturated rings. The molecule has 0 radical (unpaired) electrons. The van der Waals surface area contributed by atoms with Gasteiger partial charge in [0.25, 0.3) is 0 Å². The highest BCUT2D eigenvalue weighted by Crippen LogP contribution is 2.19. The molecule has 0 spiro atoms. The molecule has 2 N–H and O–H groups in total. The first-order valence-corrected chi connectivity index (χ1v) is 7.48. The Bertz CT molecular complexity index is 434. The maximum absolute atomic E-state index is 10.8. The minimum Gasteiger partial charge on any atom is -0.478 e. The summed E-state index contributed by atoms with van der Waals surface area (Å²) >= 11 is 3.43. The molecule has 2 unspecified atom stereocenters. The van der Waals surface area contributed by atoms with Crippen LogP contribution < -0.4 is 5.32 Å². The third-order valence-electron chi connectivity index (χ3n) is 3.39. The van der Waals surface area contributed by atoms with Crippen molar-refractivity contribution in [1.29, 1.82) is 0 Å². The van der Waals surface area contributed by atoms with E-state index in [1.807, 2.05) is 6.07 Å². The Morgan fingerprint density at radius 1 is 1.42 bits per heavy atom. The number of carbonyl (C=O) groups is 1. The Labute approximate surface area is 123 Å². The largest absolute Gasteiger partial charge is 0.478 e. The highest BCUT2D eigenvalue weighted by molar-refractivity contribution is 9.10. The summed E-state index contributed by atoms with van der Waals surface area (Å²) in [4.78, 5) is 10.8. The average Bonchev–Trinajstić information content (AvgIpc) is 2.36. The molecular weight excluding hydrogens is 306 g/mol. The van der Waals surface area contributed by atoms with Crippen molar-refractivity contribution in [1.82, 2.24) is 5.32 Å². The second kappa shape index (κ2) is 7.65. The number of carboxylic acid groups (broad SMARTS) is 1. The predicted octanol–water partition coefficient (Wildman–Crippen LogP) is 4.06. The number of hydrogen-bond donors (Lipinski definition) is 2. The first-order valence-electron chi connectivity index (χ1n) is 6.69. The van der Waals surface area contributed by atoms with Crippen LogP contribution in [0.5, 0.6) is 0 Å². The quantitative estimate of drug-likeness (QED) is 0.793. The Morgan fingerprint density at radius 3 is 2.63 bits per heavy atom. The van der Waals surface area contributed by atoms with Gasteiger partial charge in [0.2, 0.25) is 0 Å². The van der Waals surface area contributed by atoms with Crippen LogP contribution in [-0.2, 0) is 6.54 Å². The van der Waals surface area contributed by atoms with Crippen LogP contribution in [0.25, 0.3) is 0 Å². The van der Waals surface area contributed by atoms with Gasteiger partial charge in [0.1, 0.15) is 0 Å². The fraction of sp³-hybridized carbons (Fsp3) is 0.533. The van der Waals surface area contributed by atoms with Crippen LogP contribution in [-0.4, -0.2) is 17.1 Å². The van der Waals surface area contributed by atoms with Gasteiger partial charge in [-0.25, -0.2) is 4.79 Å². The number of nitrogens with one attached hydrogen (secondary N) is 1. The fourth-order valence-electron chi connectivity index (χ4n) is 1.96. The second-order valence-electron chi connectivity index (χ2n) is 5.14. The fourth-order valence-corrected chi connectivity index (χ4v) is 2.48. The smallest absolute Gasteiger partial charge is 0.335 e. The molecule has 0 aliphatic heterocycles. The lowest BCUT2D eigenvalue weighted by atomic mass is 10.0. The second-order valence-corrected chi connectivity index (χ2v) is 6.00. The van der Waals surface area contributed by atoms with Crippen LogP contribution in [0.4, 0.5) is 0 Å². The molecule has 106 valence electrons. The Balaban J connectivity index is 2.56. The molecule has 0 saturated heterocycles. The molecule has 0 bridgehead atoms. The average molecular weight is 328 g/mol. The van der Waals surface area contributed by atoms with Crippen molar-refractivity contribution in [3.05, 3.63) is 33.8 Å². The zero-order valence-electron chi connectivity index (χ0n) is 11.7. The summed E-state index contributed by atoms with van der Waals surface area (Å²) in [6.45, 7) is 7.40. The van der Waals surface area contributed by atoms with Gasteiger partial charge in [0.15, 0.2) is 0 Å². The van der Waals surface area contributed by atoms with Crippen LogP contribution in [0.1, 0.15) is 49.5 Å². The van der Waals surface area contributed by atoms with Gasteiger partial charge in [-0.05, 0) is 37.0 Å². The third kappa shape index (κ3) is 5.33. The molecular formula is C15H22BrNO2. The Kier molecular flexibility index (Phi) is 6.52. The van der Waals surface area contributed by atoms with Crippen LogP contribution >= 0.6 is 15.9 Å². The SMILES string of the molecule is CCC(C)CC(C)NCc1ccc(C(=O)O)cc1Br. The third-order valence-corrected chi connectivity index (χ3v) is 4.13. The van der Waals surface area contributed by atoms with E-state index < -0.39 is 5.97 Å². The van der Waals surface area contributed by atoms with Crippen molar-refractivity contribution in [2.24, 2.45) is 5.92 Å². The molecule has 1 aromatic rings. The minimum atomic E-state index is -0.898. The lowest BCUT2D eigenvalue weighted by molar-refractivity contribution is 0.0697. The van der Waals surface area contributed by atoms with Gasteiger partial charge in [-0.15, -0.1) is 0 Å². The highest BCUT2D eigenvalue weighted by atomic mass is 79.9.